The molecule has 0 spiro atoms. The van der Waals surface area contributed by atoms with E-state index in [2.05, 4.69) is 16.0 Å². The van der Waals surface area contributed by atoms with Crippen LogP contribution in [0, 0.1) is 5.41 Å². The lowest BCUT2D eigenvalue weighted by Crippen LogP contribution is -2.57. The minimum Gasteiger partial charge on any atom is -0.465 e. The van der Waals surface area contributed by atoms with Crippen LogP contribution in [0.1, 0.15) is 44.7 Å². The molecule has 190 valence electrons. The fraction of sp³-hybridized carbons (Fsp3) is 0.423. The van der Waals surface area contributed by atoms with Crippen molar-refractivity contribution in [2.45, 2.75) is 58.9 Å². The van der Waals surface area contributed by atoms with Crippen molar-refractivity contribution in [3.05, 3.63) is 71.8 Å². The van der Waals surface area contributed by atoms with Gasteiger partial charge in [-0.2, -0.15) is 0 Å². The zero-order chi connectivity index (χ0) is 25.7. The minimum atomic E-state index is -1.12. The summed E-state index contributed by atoms with van der Waals surface area (Å²) in [6, 6.07) is 17.6. The molecular weight excluding hydrogens is 450 g/mol. The first-order valence-electron chi connectivity index (χ1n) is 11.6. The van der Waals surface area contributed by atoms with Gasteiger partial charge in [0.05, 0.1) is 12.1 Å². The third-order valence-corrected chi connectivity index (χ3v) is 5.31. The molecule has 1 unspecified atom stereocenters. The molecule has 0 aromatic heterocycles. The Labute approximate surface area is 206 Å². The fourth-order valence-electron chi connectivity index (χ4n) is 3.57. The highest BCUT2D eigenvalue weighted by Crippen LogP contribution is 2.24. The van der Waals surface area contributed by atoms with Crippen LogP contribution < -0.4 is 16.0 Å². The van der Waals surface area contributed by atoms with Crippen molar-refractivity contribution in [2.24, 2.45) is 5.41 Å². The van der Waals surface area contributed by atoms with Gasteiger partial charge in [0.15, 0.2) is 0 Å². The number of carbonyl (C=O) groups is 3. The number of nitrogens with one attached hydrogen (secondary N) is 3. The quantitative estimate of drug-likeness (QED) is 0.343. The monoisotopic (exact) mass is 485 g/mol. The molecule has 3 amide bonds. The molecule has 0 heterocycles. The summed E-state index contributed by atoms with van der Waals surface area (Å²) in [4.78, 5) is 36.0. The topological polar surface area (TPSA) is 126 Å². The van der Waals surface area contributed by atoms with Crippen LogP contribution in [0.2, 0.25) is 0 Å². The molecule has 0 saturated heterocycles. The van der Waals surface area contributed by atoms with Crippen molar-refractivity contribution in [3.8, 4) is 0 Å². The van der Waals surface area contributed by atoms with Crippen molar-refractivity contribution < 1.29 is 29.0 Å². The predicted octanol–water partition coefficient (Wildman–Crippen LogP) is 4.67. The number of ether oxygens (including phenoxy) is 2. The van der Waals surface area contributed by atoms with Crippen LogP contribution in [0.5, 0.6) is 0 Å². The summed E-state index contributed by atoms with van der Waals surface area (Å²) in [5.74, 6) is 0. The molecule has 9 heteroatoms. The molecule has 0 aliphatic heterocycles. The Hall–Kier alpha value is -3.75. The number of hydrogen-bond donors (Lipinski definition) is 4. The van der Waals surface area contributed by atoms with E-state index >= 15 is 0 Å². The highest BCUT2D eigenvalue weighted by atomic mass is 16.6. The van der Waals surface area contributed by atoms with E-state index in [0.717, 1.165) is 11.1 Å². The summed E-state index contributed by atoms with van der Waals surface area (Å²) in [5.41, 5.74) is 1.25. The SMILES string of the molecule is CC(C)(C)C(NC(=O)OCc1ccccc1)[C@H](CCCNC(=O)O)NC(=O)OCc1ccccc1. The van der Waals surface area contributed by atoms with Crippen molar-refractivity contribution in [3.63, 3.8) is 0 Å². The van der Waals surface area contributed by atoms with Gasteiger partial charge in [-0.3, -0.25) is 0 Å². The maximum absolute atomic E-state index is 12.6. The molecule has 2 atom stereocenters. The van der Waals surface area contributed by atoms with Gasteiger partial charge >= 0.3 is 18.3 Å². The largest absolute Gasteiger partial charge is 0.465 e. The summed E-state index contributed by atoms with van der Waals surface area (Å²) in [6.07, 6.45) is -1.50. The van der Waals surface area contributed by atoms with E-state index < -0.39 is 35.8 Å². The van der Waals surface area contributed by atoms with Crippen molar-refractivity contribution in [1.29, 1.82) is 0 Å². The van der Waals surface area contributed by atoms with Gasteiger partial charge in [0.25, 0.3) is 0 Å². The summed E-state index contributed by atoms with van der Waals surface area (Å²) in [5, 5.41) is 16.9. The zero-order valence-electron chi connectivity index (χ0n) is 20.5. The Morgan fingerprint density at radius 2 is 1.31 bits per heavy atom. The maximum atomic E-state index is 12.6. The summed E-state index contributed by atoms with van der Waals surface area (Å²) >= 11 is 0. The van der Waals surface area contributed by atoms with Gasteiger partial charge in [0.2, 0.25) is 0 Å². The molecule has 2 aromatic rings. The van der Waals surface area contributed by atoms with E-state index in [1.165, 1.54) is 0 Å². The van der Waals surface area contributed by atoms with Gasteiger partial charge in [-0.1, -0.05) is 81.4 Å². The van der Waals surface area contributed by atoms with E-state index in [1.807, 2.05) is 81.4 Å². The van der Waals surface area contributed by atoms with Crippen LogP contribution in [0.15, 0.2) is 60.7 Å². The standard InChI is InChI=1S/C26H35N3O6/c1-26(2,3)22(29-25(33)35-18-20-13-8-5-9-14-20)21(15-10-16-27-23(30)31)28-24(32)34-17-19-11-6-4-7-12-19/h4-9,11-14,21-22,27H,10,15-18H2,1-3H3,(H,28,32)(H,29,33)(H,30,31)/t21-,22?/m0/s1. The first kappa shape index (κ1) is 27.5. The van der Waals surface area contributed by atoms with Crippen molar-refractivity contribution in [2.75, 3.05) is 6.54 Å². The van der Waals surface area contributed by atoms with E-state index in [0.29, 0.717) is 12.8 Å². The van der Waals surface area contributed by atoms with E-state index in [-0.39, 0.29) is 19.8 Å². The lowest BCUT2D eigenvalue weighted by atomic mass is 9.80. The fourth-order valence-corrected chi connectivity index (χ4v) is 3.57. The van der Waals surface area contributed by atoms with Crippen molar-refractivity contribution in [1.82, 2.24) is 16.0 Å². The Morgan fingerprint density at radius 1 is 0.829 bits per heavy atom. The zero-order valence-corrected chi connectivity index (χ0v) is 20.5. The van der Waals surface area contributed by atoms with Gasteiger partial charge in [0, 0.05) is 6.54 Å². The average molecular weight is 486 g/mol. The molecular formula is C26H35N3O6. The number of amides is 3. The summed E-state index contributed by atoms with van der Waals surface area (Å²) in [7, 11) is 0. The first-order valence-corrected chi connectivity index (χ1v) is 11.6. The molecule has 0 fully saturated rings. The van der Waals surface area contributed by atoms with Gasteiger partial charge in [-0.25, -0.2) is 14.4 Å². The van der Waals surface area contributed by atoms with Crippen LogP contribution in [-0.4, -0.2) is 42.0 Å². The minimum absolute atomic E-state index is 0.104. The average Bonchev–Trinajstić information content (AvgIpc) is 2.82. The van der Waals surface area contributed by atoms with Crippen LogP contribution >= 0.6 is 0 Å². The highest BCUT2D eigenvalue weighted by molar-refractivity contribution is 5.69. The number of alkyl carbamates (subject to hydrolysis) is 2. The molecule has 0 saturated carbocycles. The number of benzene rings is 2. The van der Waals surface area contributed by atoms with Gasteiger partial charge in [0.1, 0.15) is 13.2 Å². The summed E-state index contributed by atoms with van der Waals surface area (Å²) in [6.45, 7) is 6.25. The maximum Gasteiger partial charge on any atom is 0.407 e. The van der Waals surface area contributed by atoms with Gasteiger partial charge < -0.3 is 30.5 Å². The number of carbonyl (C=O) groups excluding carboxylic acids is 2. The van der Waals surface area contributed by atoms with Crippen molar-refractivity contribution >= 4 is 18.3 Å². The smallest absolute Gasteiger partial charge is 0.407 e. The van der Waals surface area contributed by atoms with Crippen LogP contribution in [0.4, 0.5) is 14.4 Å². The second-order valence-corrected chi connectivity index (χ2v) is 9.24. The Bertz CT molecular complexity index is 931. The normalized spacial score (nSPS) is 12.7. The molecule has 0 aliphatic carbocycles. The Kier molecular flexibility index (Phi) is 10.9. The van der Waals surface area contributed by atoms with Crippen LogP contribution in [0.3, 0.4) is 0 Å². The predicted molar refractivity (Wildman–Crippen MR) is 132 cm³/mol. The van der Waals surface area contributed by atoms with Crippen LogP contribution in [-0.2, 0) is 22.7 Å². The first-order chi connectivity index (χ1) is 16.6. The van der Waals surface area contributed by atoms with E-state index in [9.17, 15) is 14.4 Å². The number of rotatable bonds is 11. The third kappa shape index (κ3) is 10.8. The van der Waals surface area contributed by atoms with E-state index in [4.69, 9.17) is 14.6 Å². The molecule has 2 aromatic carbocycles. The van der Waals surface area contributed by atoms with Crippen LogP contribution in [0.25, 0.3) is 0 Å². The molecule has 0 aliphatic rings. The molecule has 4 N–H and O–H groups in total. The highest BCUT2D eigenvalue weighted by Gasteiger charge is 2.35. The third-order valence-electron chi connectivity index (χ3n) is 5.31. The molecule has 2 rings (SSSR count). The second kappa shape index (κ2) is 13.8. The molecule has 0 radical (unpaired) electrons. The Morgan fingerprint density at radius 3 is 1.77 bits per heavy atom. The molecule has 0 bridgehead atoms. The molecule has 35 heavy (non-hydrogen) atoms. The lowest BCUT2D eigenvalue weighted by molar-refractivity contribution is 0.107. The lowest BCUT2D eigenvalue weighted by Gasteiger charge is -2.37. The van der Waals surface area contributed by atoms with Gasteiger partial charge in [-0.05, 0) is 29.4 Å². The Balaban J connectivity index is 2.05. The second-order valence-electron chi connectivity index (χ2n) is 9.24. The number of hydrogen-bond acceptors (Lipinski definition) is 5. The van der Waals surface area contributed by atoms with E-state index in [1.54, 1.807) is 0 Å². The number of carboxylic acid groups (broad SMARTS) is 1. The van der Waals surface area contributed by atoms with Gasteiger partial charge in [-0.15, -0.1) is 0 Å². The molecule has 9 nitrogen and oxygen atoms in total. The summed E-state index contributed by atoms with van der Waals surface area (Å²) < 4.78 is 10.8.